The van der Waals surface area contributed by atoms with Crippen molar-refractivity contribution in [2.75, 3.05) is 25.1 Å². The van der Waals surface area contributed by atoms with Gasteiger partial charge in [-0.05, 0) is 38.0 Å². The Bertz CT molecular complexity index is 1250. The van der Waals surface area contributed by atoms with E-state index in [9.17, 15) is 9.18 Å². The van der Waals surface area contributed by atoms with Crippen LogP contribution in [0.3, 0.4) is 0 Å². The molecule has 2 aromatic heterocycles. The van der Waals surface area contributed by atoms with Crippen LogP contribution < -0.4 is 15.4 Å². The second-order valence-corrected chi connectivity index (χ2v) is 9.09. The van der Waals surface area contributed by atoms with Crippen LogP contribution in [0.25, 0.3) is 11.3 Å². The lowest BCUT2D eigenvalue weighted by Crippen LogP contribution is -2.39. The Kier molecular flexibility index (Phi) is 4.65. The van der Waals surface area contributed by atoms with Crippen LogP contribution in [0, 0.1) is 12.7 Å². The highest BCUT2D eigenvalue weighted by molar-refractivity contribution is 6.07. The fraction of sp³-hybridized carbons (Fsp3) is 0.360. The minimum atomic E-state index is -0.303. The van der Waals surface area contributed by atoms with E-state index in [0.717, 1.165) is 42.8 Å². The second-order valence-electron chi connectivity index (χ2n) is 9.09. The molecule has 4 heterocycles. The van der Waals surface area contributed by atoms with Crippen LogP contribution in [-0.4, -0.2) is 41.7 Å². The molecule has 1 spiro atoms. The summed E-state index contributed by atoms with van der Waals surface area (Å²) < 4.78 is 25.9. The Balaban J connectivity index is 1.48. The first-order valence-electron chi connectivity index (χ1n) is 11.3. The highest BCUT2D eigenvalue weighted by Crippen LogP contribution is 2.54. The van der Waals surface area contributed by atoms with E-state index in [0.29, 0.717) is 41.4 Å². The molecule has 7 nitrogen and oxygen atoms in total. The quantitative estimate of drug-likeness (QED) is 0.526. The third-order valence-corrected chi connectivity index (χ3v) is 7.00. The number of anilines is 2. The standard InChI is InChI=1S/C25H25FN4O3/c1-14-17(26)3-2-4-18(14)29-22-20-23(25(7-8-25)13-28-24(20)31)30-21(22)16-5-9-27-11-19(16)33-12-15-6-10-32-15/h2-5,9,11,15,29-30H,6-8,10,12-13H2,1H3,(H,28,31). The number of nitrogens with zero attached hydrogens (tertiary/aromatic N) is 1. The molecular weight excluding hydrogens is 423 g/mol. The summed E-state index contributed by atoms with van der Waals surface area (Å²) in [5, 5.41) is 6.41. The molecule has 1 amide bonds. The lowest BCUT2D eigenvalue weighted by molar-refractivity contribution is -0.0720. The minimum absolute atomic E-state index is 0.0667. The van der Waals surface area contributed by atoms with E-state index in [-0.39, 0.29) is 23.2 Å². The summed E-state index contributed by atoms with van der Waals surface area (Å²) in [4.78, 5) is 20.8. The maximum atomic E-state index is 14.3. The summed E-state index contributed by atoms with van der Waals surface area (Å²) in [5.41, 5.74) is 4.70. The van der Waals surface area contributed by atoms with E-state index in [1.165, 1.54) is 6.07 Å². The van der Waals surface area contributed by atoms with Crippen LogP contribution >= 0.6 is 0 Å². The molecule has 170 valence electrons. The van der Waals surface area contributed by atoms with Gasteiger partial charge in [0.1, 0.15) is 18.2 Å². The number of rotatable bonds is 6. The highest BCUT2D eigenvalue weighted by atomic mass is 19.1. The van der Waals surface area contributed by atoms with Gasteiger partial charge in [-0.1, -0.05) is 6.07 Å². The van der Waals surface area contributed by atoms with Gasteiger partial charge in [-0.3, -0.25) is 9.78 Å². The molecule has 3 aliphatic rings. The molecular formula is C25H25FN4O3. The molecule has 1 atom stereocenters. The van der Waals surface area contributed by atoms with Gasteiger partial charge in [0.2, 0.25) is 0 Å². The van der Waals surface area contributed by atoms with Crippen LogP contribution in [0.2, 0.25) is 0 Å². The van der Waals surface area contributed by atoms with E-state index in [4.69, 9.17) is 9.47 Å². The number of pyridine rings is 1. The number of nitrogens with one attached hydrogen (secondary N) is 3. The smallest absolute Gasteiger partial charge is 0.255 e. The molecule has 8 heteroatoms. The Labute approximate surface area is 190 Å². The molecule has 33 heavy (non-hydrogen) atoms. The van der Waals surface area contributed by atoms with Gasteiger partial charge >= 0.3 is 0 Å². The van der Waals surface area contributed by atoms with Crippen molar-refractivity contribution in [3.05, 3.63) is 59.3 Å². The van der Waals surface area contributed by atoms with Gasteiger partial charge in [0.05, 0.1) is 29.2 Å². The summed E-state index contributed by atoms with van der Waals surface area (Å²) >= 11 is 0. The van der Waals surface area contributed by atoms with Crippen molar-refractivity contribution in [2.45, 2.75) is 37.7 Å². The number of carbonyl (C=O) groups excluding carboxylic acids is 1. The number of hydrogen-bond acceptors (Lipinski definition) is 5. The van der Waals surface area contributed by atoms with E-state index in [1.54, 1.807) is 25.4 Å². The van der Waals surface area contributed by atoms with Crippen molar-refractivity contribution in [1.29, 1.82) is 0 Å². The molecule has 1 saturated heterocycles. The van der Waals surface area contributed by atoms with Crippen molar-refractivity contribution < 1.29 is 18.7 Å². The Morgan fingerprint density at radius 3 is 2.94 bits per heavy atom. The number of amides is 1. The average molecular weight is 448 g/mol. The maximum absolute atomic E-state index is 14.3. The average Bonchev–Trinajstić information content (AvgIpc) is 3.46. The second kappa shape index (κ2) is 7.59. The summed E-state index contributed by atoms with van der Waals surface area (Å²) in [5.74, 6) is 0.166. The third-order valence-electron chi connectivity index (χ3n) is 7.00. The summed E-state index contributed by atoms with van der Waals surface area (Å²) in [6.07, 6.45) is 6.46. The molecule has 2 fully saturated rings. The largest absolute Gasteiger partial charge is 0.489 e. The zero-order valence-corrected chi connectivity index (χ0v) is 18.3. The van der Waals surface area contributed by atoms with Crippen LogP contribution in [0.5, 0.6) is 5.75 Å². The number of ether oxygens (including phenoxy) is 2. The van der Waals surface area contributed by atoms with Gasteiger partial charge in [-0.15, -0.1) is 0 Å². The number of fused-ring (bicyclic) bond motifs is 2. The summed E-state index contributed by atoms with van der Waals surface area (Å²) in [6.45, 7) is 3.54. The van der Waals surface area contributed by atoms with Gasteiger partial charge in [0, 0.05) is 53.7 Å². The Morgan fingerprint density at radius 1 is 1.33 bits per heavy atom. The fourth-order valence-corrected chi connectivity index (χ4v) is 4.63. The molecule has 0 bridgehead atoms. The number of H-pyrrole nitrogens is 1. The van der Waals surface area contributed by atoms with E-state index in [2.05, 4.69) is 20.6 Å². The van der Waals surface area contributed by atoms with Crippen molar-refractivity contribution in [1.82, 2.24) is 15.3 Å². The maximum Gasteiger partial charge on any atom is 0.255 e. The minimum Gasteiger partial charge on any atom is -0.489 e. The molecule has 1 saturated carbocycles. The predicted molar refractivity (Wildman–Crippen MR) is 122 cm³/mol. The number of hydrogen-bond donors (Lipinski definition) is 3. The lowest BCUT2D eigenvalue weighted by atomic mass is 9.93. The van der Waals surface area contributed by atoms with Crippen molar-refractivity contribution in [3.63, 3.8) is 0 Å². The number of carbonyl (C=O) groups is 1. The Morgan fingerprint density at radius 2 is 2.18 bits per heavy atom. The molecule has 1 aromatic carbocycles. The molecule has 3 N–H and O–H groups in total. The molecule has 2 aliphatic heterocycles. The number of halogens is 1. The van der Waals surface area contributed by atoms with Crippen molar-refractivity contribution in [3.8, 4) is 17.0 Å². The first kappa shape index (κ1) is 20.2. The van der Waals surface area contributed by atoms with E-state index >= 15 is 0 Å². The van der Waals surface area contributed by atoms with Gasteiger partial charge in [0.25, 0.3) is 5.91 Å². The van der Waals surface area contributed by atoms with Crippen LogP contribution in [0.15, 0.2) is 36.7 Å². The monoisotopic (exact) mass is 448 g/mol. The van der Waals surface area contributed by atoms with Crippen LogP contribution in [-0.2, 0) is 10.2 Å². The topological polar surface area (TPSA) is 88.3 Å². The molecule has 0 radical (unpaired) electrons. The fourth-order valence-electron chi connectivity index (χ4n) is 4.63. The summed E-state index contributed by atoms with van der Waals surface area (Å²) in [7, 11) is 0. The lowest BCUT2D eigenvalue weighted by Gasteiger charge is -2.26. The Hall–Kier alpha value is -3.39. The first-order chi connectivity index (χ1) is 16.1. The first-order valence-corrected chi connectivity index (χ1v) is 11.3. The molecule has 1 unspecified atom stereocenters. The van der Waals surface area contributed by atoms with Crippen LogP contribution in [0.4, 0.5) is 15.8 Å². The molecule has 3 aromatic rings. The normalized spacial score (nSPS) is 20.1. The van der Waals surface area contributed by atoms with Gasteiger partial charge in [0.15, 0.2) is 0 Å². The van der Waals surface area contributed by atoms with Crippen LogP contribution in [0.1, 0.15) is 40.9 Å². The SMILES string of the molecule is Cc1c(F)cccc1Nc1c(-c2ccncc2OCC2CCO2)[nH]c2c1C(=O)NCC21CC1. The number of aromatic nitrogens is 2. The van der Waals surface area contributed by atoms with Gasteiger partial charge in [-0.2, -0.15) is 0 Å². The third kappa shape index (κ3) is 3.36. The zero-order chi connectivity index (χ0) is 22.6. The van der Waals surface area contributed by atoms with Gasteiger partial charge in [-0.25, -0.2) is 4.39 Å². The van der Waals surface area contributed by atoms with Gasteiger partial charge < -0.3 is 25.1 Å². The molecule has 1 aliphatic carbocycles. The van der Waals surface area contributed by atoms with E-state index < -0.39 is 0 Å². The zero-order valence-electron chi connectivity index (χ0n) is 18.3. The van der Waals surface area contributed by atoms with Crippen molar-refractivity contribution >= 4 is 17.3 Å². The highest BCUT2D eigenvalue weighted by Gasteiger charge is 2.51. The predicted octanol–water partition coefficient (Wildman–Crippen LogP) is 4.21. The van der Waals surface area contributed by atoms with E-state index in [1.807, 2.05) is 12.1 Å². The molecule has 6 rings (SSSR count). The van der Waals surface area contributed by atoms with Crippen molar-refractivity contribution in [2.24, 2.45) is 0 Å². The number of benzene rings is 1. The number of aromatic amines is 1. The summed E-state index contributed by atoms with van der Waals surface area (Å²) in [6, 6.07) is 6.77.